The molecular weight excluding hydrogens is 292 g/mol. The number of aliphatic hydroxyl groups is 1. The minimum Gasteiger partial charge on any atom is -0.493 e. The Balaban J connectivity index is 1.55. The fourth-order valence-electron chi connectivity index (χ4n) is 3.69. The van der Waals surface area contributed by atoms with E-state index in [-0.39, 0.29) is 17.4 Å². The molecule has 1 heterocycles. The molecule has 2 atom stereocenters. The van der Waals surface area contributed by atoms with Crippen LogP contribution < -0.4 is 10.1 Å². The molecule has 1 aromatic heterocycles. The standard InChI is InChI=1S/C18H24N2O3/c1-10(2)17-20-12-6-11(7-13(22-3)16(12)23-17)9-19-14-8-15(21)18(14)4-5-18/h6-7,10,14-15,19,21H,4-5,8-9H2,1-3H3. The Morgan fingerprint density at radius 3 is 2.83 bits per heavy atom. The highest BCUT2D eigenvalue weighted by Gasteiger charge is 2.62. The number of hydrogen-bond donors (Lipinski definition) is 2. The minimum atomic E-state index is -0.110. The lowest BCUT2D eigenvalue weighted by molar-refractivity contribution is -0.0295. The van der Waals surface area contributed by atoms with Crippen LogP contribution in [0.2, 0.25) is 0 Å². The monoisotopic (exact) mass is 316 g/mol. The van der Waals surface area contributed by atoms with E-state index >= 15 is 0 Å². The third-order valence-corrected chi connectivity index (χ3v) is 5.44. The van der Waals surface area contributed by atoms with Gasteiger partial charge in [0.2, 0.25) is 0 Å². The maximum Gasteiger partial charge on any atom is 0.198 e. The van der Waals surface area contributed by atoms with Crippen LogP contribution >= 0.6 is 0 Å². The lowest BCUT2D eigenvalue weighted by atomic mass is 9.73. The third-order valence-electron chi connectivity index (χ3n) is 5.44. The van der Waals surface area contributed by atoms with Crippen LogP contribution in [0.4, 0.5) is 0 Å². The number of hydrogen-bond acceptors (Lipinski definition) is 5. The summed E-state index contributed by atoms with van der Waals surface area (Å²) in [6, 6.07) is 4.51. The summed E-state index contributed by atoms with van der Waals surface area (Å²) in [6.45, 7) is 4.89. The molecule has 0 bridgehead atoms. The highest BCUT2D eigenvalue weighted by atomic mass is 16.5. The smallest absolute Gasteiger partial charge is 0.198 e. The summed E-state index contributed by atoms with van der Waals surface area (Å²) in [5.41, 5.74) is 2.87. The zero-order valence-corrected chi connectivity index (χ0v) is 13.9. The number of ether oxygens (including phenoxy) is 1. The molecule has 0 amide bonds. The minimum absolute atomic E-state index is 0.110. The zero-order chi connectivity index (χ0) is 16.2. The van der Waals surface area contributed by atoms with Crippen molar-refractivity contribution in [2.24, 2.45) is 5.41 Å². The van der Waals surface area contributed by atoms with E-state index in [0.717, 1.165) is 54.1 Å². The first-order chi connectivity index (χ1) is 11.0. The van der Waals surface area contributed by atoms with Gasteiger partial charge in [-0.05, 0) is 37.0 Å². The van der Waals surface area contributed by atoms with Crippen LogP contribution in [0.1, 0.15) is 50.5 Å². The average molecular weight is 316 g/mol. The Kier molecular flexibility index (Phi) is 3.39. The Morgan fingerprint density at radius 2 is 2.22 bits per heavy atom. The molecule has 2 saturated carbocycles. The van der Waals surface area contributed by atoms with Gasteiger partial charge in [-0.1, -0.05) is 13.8 Å². The molecule has 2 N–H and O–H groups in total. The van der Waals surface area contributed by atoms with Crippen molar-refractivity contribution in [1.82, 2.24) is 10.3 Å². The van der Waals surface area contributed by atoms with Crippen LogP contribution in [0.5, 0.6) is 5.75 Å². The summed E-state index contributed by atoms with van der Waals surface area (Å²) in [6.07, 6.45) is 3.05. The van der Waals surface area contributed by atoms with E-state index in [9.17, 15) is 5.11 Å². The van der Waals surface area contributed by atoms with Crippen LogP contribution in [0.3, 0.4) is 0 Å². The SMILES string of the molecule is COc1cc(CNC2CC(O)C23CC3)cc2nc(C(C)C)oc12. The Morgan fingerprint density at radius 1 is 1.43 bits per heavy atom. The number of nitrogens with zero attached hydrogens (tertiary/aromatic N) is 1. The molecule has 1 spiro atoms. The fraction of sp³-hybridized carbons (Fsp3) is 0.611. The zero-order valence-electron chi connectivity index (χ0n) is 13.9. The molecule has 23 heavy (non-hydrogen) atoms. The van der Waals surface area contributed by atoms with Crippen molar-refractivity contribution in [3.63, 3.8) is 0 Å². The van der Waals surface area contributed by atoms with Crippen LogP contribution in [-0.4, -0.2) is 29.3 Å². The fourth-order valence-corrected chi connectivity index (χ4v) is 3.69. The van der Waals surface area contributed by atoms with Gasteiger partial charge in [0.25, 0.3) is 0 Å². The quantitative estimate of drug-likeness (QED) is 0.887. The molecule has 2 fully saturated rings. The van der Waals surface area contributed by atoms with Crippen molar-refractivity contribution in [3.05, 3.63) is 23.6 Å². The van der Waals surface area contributed by atoms with Gasteiger partial charge in [-0.15, -0.1) is 0 Å². The second-order valence-corrected chi connectivity index (χ2v) is 7.27. The maximum atomic E-state index is 9.90. The molecule has 2 unspecified atom stereocenters. The van der Waals surface area contributed by atoms with Crippen LogP contribution in [-0.2, 0) is 6.54 Å². The van der Waals surface area contributed by atoms with E-state index in [2.05, 4.69) is 30.2 Å². The van der Waals surface area contributed by atoms with Crippen molar-refractivity contribution in [1.29, 1.82) is 0 Å². The van der Waals surface area contributed by atoms with Gasteiger partial charge in [-0.2, -0.15) is 0 Å². The number of oxazole rings is 1. The summed E-state index contributed by atoms with van der Waals surface area (Å²) >= 11 is 0. The molecule has 2 aliphatic carbocycles. The van der Waals surface area contributed by atoms with Gasteiger partial charge in [0.15, 0.2) is 17.2 Å². The lowest BCUT2D eigenvalue weighted by Gasteiger charge is -2.43. The summed E-state index contributed by atoms with van der Waals surface area (Å²) in [7, 11) is 1.66. The van der Waals surface area contributed by atoms with E-state index in [1.165, 1.54) is 0 Å². The van der Waals surface area contributed by atoms with Crippen LogP contribution in [0.15, 0.2) is 16.5 Å². The Bertz CT molecular complexity index is 733. The normalized spacial score (nSPS) is 25.1. The van der Waals surface area contributed by atoms with E-state index in [4.69, 9.17) is 9.15 Å². The molecule has 2 aliphatic rings. The van der Waals surface area contributed by atoms with Crippen LogP contribution in [0.25, 0.3) is 11.1 Å². The summed E-state index contributed by atoms with van der Waals surface area (Å²) in [4.78, 5) is 4.58. The molecule has 5 nitrogen and oxygen atoms in total. The molecule has 1 aromatic carbocycles. The number of rotatable bonds is 5. The van der Waals surface area contributed by atoms with Gasteiger partial charge in [0.1, 0.15) is 5.52 Å². The Labute approximate surface area is 136 Å². The summed E-state index contributed by atoms with van der Waals surface area (Å²) in [5, 5.41) is 13.5. The third kappa shape index (κ3) is 2.34. The number of benzene rings is 1. The van der Waals surface area contributed by atoms with Crippen molar-refractivity contribution in [3.8, 4) is 5.75 Å². The highest BCUT2D eigenvalue weighted by Crippen LogP contribution is 2.60. The number of aromatic nitrogens is 1. The average Bonchev–Trinajstić information content (AvgIpc) is 3.27. The second kappa shape index (κ2) is 5.21. The van der Waals surface area contributed by atoms with Gasteiger partial charge in [0.05, 0.1) is 13.2 Å². The lowest BCUT2D eigenvalue weighted by Crippen LogP contribution is -2.55. The first-order valence-electron chi connectivity index (χ1n) is 8.42. The van der Waals surface area contributed by atoms with Crippen molar-refractivity contribution in [2.45, 2.75) is 57.7 Å². The molecule has 4 rings (SSSR count). The first kappa shape index (κ1) is 15.0. The molecular formula is C18H24N2O3. The predicted octanol–water partition coefficient (Wildman–Crippen LogP) is 2.96. The van der Waals surface area contributed by atoms with Crippen molar-refractivity contribution >= 4 is 11.1 Å². The van der Waals surface area contributed by atoms with E-state index < -0.39 is 0 Å². The summed E-state index contributed by atoms with van der Waals surface area (Å²) in [5.74, 6) is 1.72. The molecule has 0 radical (unpaired) electrons. The highest BCUT2D eigenvalue weighted by molar-refractivity contribution is 5.80. The predicted molar refractivity (Wildman–Crippen MR) is 87.6 cm³/mol. The number of aliphatic hydroxyl groups excluding tert-OH is 1. The van der Waals surface area contributed by atoms with Crippen molar-refractivity contribution in [2.75, 3.05) is 7.11 Å². The van der Waals surface area contributed by atoms with E-state index in [1.807, 2.05) is 6.07 Å². The van der Waals surface area contributed by atoms with Crippen molar-refractivity contribution < 1.29 is 14.3 Å². The molecule has 2 aromatic rings. The molecule has 124 valence electrons. The van der Waals surface area contributed by atoms with Gasteiger partial charge >= 0.3 is 0 Å². The molecule has 5 heteroatoms. The molecule has 0 saturated heterocycles. The number of fused-ring (bicyclic) bond motifs is 1. The maximum absolute atomic E-state index is 9.90. The van der Waals surface area contributed by atoms with Gasteiger partial charge < -0.3 is 19.6 Å². The number of methoxy groups -OCH3 is 1. The number of nitrogens with one attached hydrogen (secondary N) is 1. The second-order valence-electron chi connectivity index (χ2n) is 7.27. The molecule has 0 aliphatic heterocycles. The largest absolute Gasteiger partial charge is 0.493 e. The topological polar surface area (TPSA) is 67.5 Å². The van der Waals surface area contributed by atoms with E-state index in [0.29, 0.717) is 6.04 Å². The summed E-state index contributed by atoms with van der Waals surface area (Å²) < 4.78 is 11.3. The van der Waals surface area contributed by atoms with Gasteiger partial charge in [-0.25, -0.2) is 4.98 Å². The Hall–Kier alpha value is -1.59. The first-order valence-corrected chi connectivity index (χ1v) is 8.42. The van der Waals surface area contributed by atoms with Gasteiger partial charge in [-0.3, -0.25) is 0 Å². The van der Waals surface area contributed by atoms with Gasteiger partial charge in [0, 0.05) is 23.9 Å². The van der Waals surface area contributed by atoms with Crippen LogP contribution in [0, 0.1) is 5.41 Å². The van der Waals surface area contributed by atoms with E-state index in [1.54, 1.807) is 7.11 Å².